The zero-order chi connectivity index (χ0) is 7.44. The first-order valence-corrected chi connectivity index (χ1v) is 2.20. The van der Waals surface area contributed by atoms with Gasteiger partial charge in [-0.25, -0.2) is 13.2 Å². The van der Waals surface area contributed by atoms with Crippen LogP contribution in [-0.4, -0.2) is 12.2 Å². The first kappa shape index (κ1) is 8.20. The number of carbonyl (C=O) groups is 1. The number of carbonyl (C=O) groups excluding carboxylic acids is 1. The van der Waals surface area contributed by atoms with Crippen molar-refractivity contribution >= 4 is 5.78 Å². The lowest BCUT2D eigenvalue weighted by Crippen LogP contribution is -1.93. The minimum absolute atomic E-state index is 0.269. The fourth-order valence-electron chi connectivity index (χ4n) is 0.257. The summed E-state index contributed by atoms with van der Waals surface area (Å²) in [5.74, 6) is -2.39. The molecule has 0 radical (unpaired) electrons. The maximum atomic E-state index is 11.7. The number of rotatable bonds is 2. The average molecular weight is 138 g/mol. The molecule has 1 nitrogen and oxygen atoms in total. The van der Waals surface area contributed by atoms with Gasteiger partial charge in [-0.05, 0) is 6.92 Å². The number of allylic oxidation sites excluding steroid dienone is 2. The van der Waals surface area contributed by atoms with Gasteiger partial charge < -0.3 is 0 Å². The average Bonchev–Trinajstić information content (AvgIpc) is 1.63. The van der Waals surface area contributed by atoms with Gasteiger partial charge in [0.05, 0.1) is 0 Å². The normalized spacial score (nSPS) is 12.3. The molecular weight excluding hydrogens is 133 g/mol. The van der Waals surface area contributed by atoms with Crippen molar-refractivity contribution in [3.8, 4) is 0 Å². The Morgan fingerprint density at radius 1 is 1.56 bits per heavy atom. The van der Waals surface area contributed by atoms with Gasteiger partial charge in [0.1, 0.15) is 0 Å². The molecule has 0 amide bonds. The lowest BCUT2D eigenvalue weighted by molar-refractivity contribution is -0.112. The summed E-state index contributed by atoms with van der Waals surface area (Å²) in [6.07, 6.45) is -2.90. The molecule has 0 rings (SSSR count). The van der Waals surface area contributed by atoms with Crippen LogP contribution in [0.5, 0.6) is 0 Å². The summed E-state index contributed by atoms with van der Waals surface area (Å²) < 4.78 is 34.1. The summed E-state index contributed by atoms with van der Waals surface area (Å²) in [5.41, 5.74) is 0. The largest absolute Gasteiger partial charge is 0.295 e. The maximum Gasteiger partial charge on any atom is 0.289 e. The minimum Gasteiger partial charge on any atom is -0.295 e. The van der Waals surface area contributed by atoms with Crippen LogP contribution in [0.2, 0.25) is 0 Å². The Bertz CT molecular complexity index is 139. The van der Waals surface area contributed by atoms with E-state index in [1.165, 1.54) is 0 Å². The second-order valence-corrected chi connectivity index (χ2v) is 1.44. The summed E-state index contributed by atoms with van der Waals surface area (Å²) in [6.45, 7) is 1.00. The van der Waals surface area contributed by atoms with Crippen LogP contribution in [0.15, 0.2) is 11.9 Å². The zero-order valence-corrected chi connectivity index (χ0v) is 4.70. The van der Waals surface area contributed by atoms with Crippen LogP contribution in [0.4, 0.5) is 13.2 Å². The number of hydrogen-bond acceptors (Lipinski definition) is 1. The van der Waals surface area contributed by atoms with E-state index in [9.17, 15) is 18.0 Å². The molecule has 0 atom stereocenters. The Hall–Kier alpha value is -0.800. The summed E-state index contributed by atoms with van der Waals surface area (Å²) in [5, 5.41) is 0. The summed E-state index contributed by atoms with van der Waals surface area (Å²) in [4.78, 5) is 9.91. The third-order valence-electron chi connectivity index (χ3n) is 0.550. The highest BCUT2D eigenvalue weighted by molar-refractivity contribution is 5.87. The molecule has 0 saturated carbocycles. The van der Waals surface area contributed by atoms with Crippen molar-refractivity contribution in [2.24, 2.45) is 0 Å². The van der Waals surface area contributed by atoms with E-state index in [0.29, 0.717) is 0 Å². The van der Waals surface area contributed by atoms with E-state index in [1.54, 1.807) is 0 Å². The van der Waals surface area contributed by atoms with Crippen LogP contribution in [0, 0.1) is 0 Å². The molecule has 0 aromatic rings. The van der Waals surface area contributed by atoms with E-state index in [4.69, 9.17) is 0 Å². The molecule has 0 heterocycles. The number of ketones is 1. The summed E-state index contributed by atoms with van der Waals surface area (Å²) in [6, 6.07) is 0. The van der Waals surface area contributed by atoms with Crippen molar-refractivity contribution in [3.05, 3.63) is 11.9 Å². The van der Waals surface area contributed by atoms with E-state index < -0.39 is 18.0 Å². The molecule has 4 heteroatoms. The highest BCUT2D eigenvalue weighted by Crippen LogP contribution is 2.08. The van der Waals surface area contributed by atoms with Gasteiger partial charge in [-0.15, -0.1) is 0 Å². The Kier molecular flexibility index (Phi) is 2.98. The predicted octanol–water partition coefficient (Wildman–Crippen LogP) is 1.69. The van der Waals surface area contributed by atoms with Crippen molar-refractivity contribution < 1.29 is 18.0 Å². The molecule has 52 valence electrons. The highest BCUT2D eigenvalue weighted by atomic mass is 19.3. The van der Waals surface area contributed by atoms with Crippen LogP contribution < -0.4 is 0 Å². The van der Waals surface area contributed by atoms with E-state index in [2.05, 4.69) is 0 Å². The molecule has 0 saturated heterocycles. The topological polar surface area (TPSA) is 17.1 Å². The van der Waals surface area contributed by atoms with E-state index in [0.717, 1.165) is 6.92 Å². The van der Waals surface area contributed by atoms with Gasteiger partial charge in [-0.1, -0.05) is 0 Å². The minimum atomic E-state index is -3.17. The molecule has 0 N–H and O–H groups in total. The van der Waals surface area contributed by atoms with Gasteiger partial charge in [0, 0.05) is 6.08 Å². The van der Waals surface area contributed by atoms with E-state index in [-0.39, 0.29) is 6.08 Å². The van der Waals surface area contributed by atoms with Crippen molar-refractivity contribution in [2.75, 3.05) is 0 Å². The standard InChI is InChI=1S/C5H5F3O/c1-3(9)2-4(6)5(7)8/h2,5H,1H3. The second-order valence-electron chi connectivity index (χ2n) is 1.44. The van der Waals surface area contributed by atoms with Crippen LogP contribution in [0.1, 0.15) is 6.92 Å². The van der Waals surface area contributed by atoms with E-state index >= 15 is 0 Å². The quantitative estimate of drug-likeness (QED) is 0.530. The molecule has 0 aromatic carbocycles. The van der Waals surface area contributed by atoms with E-state index in [1.807, 2.05) is 0 Å². The molecule has 0 bridgehead atoms. The third-order valence-corrected chi connectivity index (χ3v) is 0.550. The van der Waals surface area contributed by atoms with Crippen LogP contribution >= 0.6 is 0 Å². The molecule has 0 fully saturated rings. The Balaban J connectivity index is 4.00. The first-order chi connectivity index (χ1) is 4.04. The van der Waals surface area contributed by atoms with Gasteiger partial charge in [-0.2, -0.15) is 0 Å². The van der Waals surface area contributed by atoms with Crippen LogP contribution in [0.25, 0.3) is 0 Å². The molecule has 0 aliphatic heterocycles. The lowest BCUT2D eigenvalue weighted by atomic mass is 10.4. The molecule has 0 spiro atoms. The zero-order valence-electron chi connectivity index (χ0n) is 4.70. The molecule has 9 heavy (non-hydrogen) atoms. The molecular formula is C5H5F3O. The third kappa shape index (κ3) is 3.76. The summed E-state index contributed by atoms with van der Waals surface area (Å²) in [7, 11) is 0. The maximum absolute atomic E-state index is 11.7. The van der Waals surface area contributed by atoms with Crippen LogP contribution in [-0.2, 0) is 4.79 Å². The molecule has 0 aliphatic rings. The monoisotopic (exact) mass is 138 g/mol. The number of alkyl halides is 2. The van der Waals surface area contributed by atoms with Gasteiger partial charge in [0.2, 0.25) is 0 Å². The van der Waals surface area contributed by atoms with Gasteiger partial charge in [-0.3, -0.25) is 4.79 Å². The predicted molar refractivity (Wildman–Crippen MR) is 25.9 cm³/mol. The van der Waals surface area contributed by atoms with Crippen molar-refractivity contribution in [1.82, 2.24) is 0 Å². The van der Waals surface area contributed by atoms with Crippen molar-refractivity contribution in [1.29, 1.82) is 0 Å². The van der Waals surface area contributed by atoms with Gasteiger partial charge in [0.15, 0.2) is 11.6 Å². The fourth-order valence-corrected chi connectivity index (χ4v) is 0.257. The number of halogens is 3. The Labute approximate surface area is 50.2 Å². The fraction of sp³-hybridized carbons (Fsp3) is 0.400. The smallest absolute Gasteiger partial charge is 0.289 e. The Morgan fingerprint density at radius 2 is 2.00 bits per heavy atom. The molecule has 0 aliphatic carbocycles. The molecule has 0 unspecified atom stereocenters. The van der Waals surface area contributed by atoms with Crippen LogP contribution in [0.3, 0.4) is 0 Å². The van der Waals surface area contributed by atoms with Gasteiger partial charge >= 0.3 is 0 Å². The lowest BCUT2D eigenvalue weighted by Gasteiger charge is -1.89. The highest BCUT2D eigenvalue weighted by Gasteiger charge is 2.09. The molecule has 0 aromatic heterocycles. The van der Waals surface area contributed by atoms with Crippen molar-refractivity contribution in [2.45, 2.75) is 13.3 Å². The van der Waals surface area contributed by atoms with Crippen molar-refractivity contribution in [3.63, 3.8) is 0 Å². The Morgan fingerprint density at radius 3 is 2.11 bits per heavy atom. The SMILES string of the molecule is CC(=O)C=C(F)C(F)F. The second kappa shape index (κ2) is 3.27. The number of hydrogen-bond donors (Lipinski definition) is 0. The first-order valence-electron chi connectivity index (χ1n) is 2.20. The van der Waals surface area contributed by atoms with Gasteiger partial charge in [0.25, 0.3) is 6.43 Å². The summed E-state index contributed by atoms with van der Waals surface area (Å²) >= 11 is 0.